The third kappa shape index (κ3) is 3.63. The van der Waals surface area contributed by atoms with E-state index in [2.05, 4.69) is 43.5 Å². The first-order valence-corrected chi connectivity index (χ1v) is 6.14. The Hall–Kier alpha value is -2.20. The topological polar surface area (TPSA) is 50.7 Å². The zero-order valence-corrected chi connectivity index (χ0v) is 11.5. The van der Waals surface area contributed by atoms with Gasteiger partial charge in [-0.2, -0.15) is 10.2 Å². The Balaban J connectivity index is 2.13. The highest BCUT2D eigenvalue weighted by Gasteiger charge is 2.10. The van der Waals surface area contributed by atoms with Crippen molar-refractivity contribution in [3.05, 3.63) is 48.5 Å². The van der Waals surface area contributed by atoms with Gasteiger partial charge in [0.05, 0.1) is 32.5 Å². The lowest BCUT2D eigenvalue weighted by Gasteiger charge is -2.23. The molecule has 2 rings (SSSR count). The van der Waals surface area contributed by atoms with Crippen LogP contribution in [0, 0.1) is 0 Å². The Morgan fingerprint density at radius 2 is 1.16 bits per heavy atom. The Morgan fingerprint density at radius 3 is 1.58 bits per heavy atom. The van der Waals surface area contributed by atoms with E-state index in [0.717, 1.165) is 21.5 Å². The van der Waals surface area contributed by atoms with Crippen LogP contribution >= 0.6 is 0 Å². The fourth-order valence-corrected chi connectivity index (χ4v) is 1.62. The van der Waals surface area contributed by atoms with Crippen molar-refractivity contribution in [2.24, 2.45) is 10.2 Å². The Kier molecular flexibility index (Phi) is 3.62. The summed E-state index contributed by atoms with van der Waals surface area (Å²) in [6, 6.07) is 15.4. The van der Waals surface area contributed by atoms with Gasteiger partial charge in [0.25, 0.3) is 0 Å². The average molecular weight is 255 g/mol. The van der Waals surface area contributed by atoms with E-state index in [-0.39, 0.29) is 0 Å². The zero-order chi connectivity index (χ0) is 13.9. The predicted molar refractivity (Wildman–Crippen MR) is 81.0 cm³/mol. The van der Waals surface area contributed by atoms with Gasteiger partial charge in [-0.1, -0.05) is 0 Å². The van der Waals surface area contributed by atoms with Gasteiger partial charge in [-0.05, 0) is 36.4 Å². The smallest absolute Gasteiger partial charge is 0.132 e. The molecule has 2 aromatic rings. The van der Waals surface area contributed by atoms with E-state index in [0.29, 0.717) is 0 Å². The van der Waals surface area contributed by atoms with Crippen LogP contribution in [0.25, 0.3) is 0 Å². The highest BCUT2D eigenvalue weighted by molar-refractivity contribution is 5.51. The number of azo groups is 1. The van der Waals surface area contributed by atoms with Crippen LogP contribution in [0.5, 0.6) is 0 Å². The summed E-state index contributed by atoms with van der Waals surface area (Å²) in [5, 5.41) is 8.38. The molecular weight excluding hydrogens is 236 g/mol. The molecule has 19 heavy (non-hydrogen) atoms. The molecule has 0 unspecified atom stereocenters. The van der Waals surface area contributed by atoms with E-state index in [4.69, 9.17) is 5.73 Å². The second-order valence-corrected chi connectivity index (χ2v) is 5.32. The van der Waals surface area contributed by atoms with Crippen molar-refractivity contribution in [1.29, 1.82) is 0 Å². The second-order valence-electron chi connectivity index (χ2n) is 5.32. The van der Waals surface area contributed by atoms with E-state index >= 15 is 0 Å². The minimum atomic E-state index is 0.728. The molecule has 0 spiro atoms. The molecule has 0 aliphatic carbocycles. The second kappa shape index (κ2) is 5.20. The summed E-state index contributed by atoms with van der Waals surface area (Å²) in [5.74, 6) is 0. The van der Waals surface area contributed by atoms with Crippen LogP contribution in [0.2, 0.25) is 0 Å². The summed E-state index contributed by atoms with van der Waals surface area (Å²) in [6.45, 7) is 0. The van der Waals surface area contributed by atoms with Crippen molar-refractivity contribution in [3.8, 4) is 0 Å². The van der Waals surface area contributed by atoms with Crippen LogP contribution in [0.1, 0.15) is 0 Å². The van der Waals surface area contributed by atoms with Gasteiger partial charge in [0, 0.05) is 17.8 Å². The molecule has 0 bridgehead atoms. The summed E-state index contributed by atoms with van der Waals surface area (Å²) in [7, 11) is 6.39. The van der Waals surface area contributed by atoms with E-state index in [1.54, 1.807) is 0 Å². The number of rotatable bonds is 3. The molecule has 4 nitrogen and oxygen atoms in total. The van der Waals surface area contributed by atoms with Crippen LogP contribution in [0.15, 0.2) is 58.8 Å². The quantitative estimate of drug-likeness (QED) is 0.505. The molecule has 0 aliphatic heterocycles. The largest absolute Gasteiger partial charge is 0.399 e. The van der Waals surface area contributed by atoms with Crippen molar-refractivity contribution < 1.29 is 0 Å². The van der Waals surface area contributed by atoms with Gasteiger partial charge < -0.3 is 5.73 Å². The van der Waals surface area contributed by atoms with Gasteiger partial charge in [0.15, 0.2) is 0 Å². The molecular formula is C15H19N4+. The normalized spacial score (nSPS) is 11.9. The number of benzene rings is 2. The lowest BCUT2D eigenvalue weighted by molar-refractivity contribution is 0.486. The molecule has 0 fully saturated rings. The van der Waals surface area contributed by atoms with Crippen molar-refractivity contribution in [3.63, 3.8) is 0 Å². The van der Waals surface area contributed by atoms with E-state index in [1.807, 2.05) is 36.4 Å². The first-order valence-electron chi connectivity index (χ1n) is 6.14. The average Bonchev–Trinajstić information content (AvgIpc) is 2.37. The van der Waals surface area contributed by atoms with Crippen molar-refractivity contribution >= 4 is 22.7 Å². The number of hydrogen-bond donors (Lipinski definition) is 1. The van der Waals surface area contributed by atoms with Gasteiger partial charge in [-0.25, -0.2) is 0 Å². The molecule has 0 radical (unpaired) electrons. The summed E-state index contributed by atoms with van der Waals surface area (Å²) in [4.78, 5) is 0. The number of anilines is 1. The number of nitrogen functional groups attached to an aromatic ring is 1. The van der Waals surface area contributed by atoms with E-state index in [1.165, 1.54) is 5.69 Å². The molecule has 0 heterocycles. The summed E-state index contributed by atoms with van der Waals surface area (Å²) < 4.78 is 0.787. The molecule has 0 saturated heterocycles. The molecule has 0 aliphatic rings. The third-order valence-electron chi connectivity index (χ3n) is 2.80. The standard InChI is InChI=1S/C15H19N4/c1-19(2,3)15-10-8-14(9-11-15)18-17-13-6-4-12(16)5-7-13/h4-11H,16H2,1-3H3/q+1. The SMILES string of the molecule is C[N+](C)(C)c1ccc(N=Nc2ccc(N)cc2)cc1. The lowest BCUT2D eigenvalue weighted by Crippen LogP contribution is -2.34. The molecule has 2 aromatic carbocycles. The highest BCUT2D eigenvalue weighted by atomic mass is 15.3. The number of nitrogens with two attached hydrogens (primary N) is 1. The van der Waals surface area contributed by atoms with Crippen molar-refractivity contribution in [1.82, 2.24) is 4.48 Å². The van der Waals surface area contributed by atoms with Gasteiger partial charge in [0.1, 0.15) is 5.69 Å². The Bertz CT molecular complexity index is 563. The van der Waals surface area contributed by atoms with Crippen LogP contribution in [-0.2, 0) is 0 Å². The Morgan fingerprint density at radius 1 is 0.737 bits per heavy atom. The maximum atomic E-state index is 5.62. The fraction of sp³-hybridized carbons (Fsp3) is 0.200. The molecule has 0 atom stereocenters. The monoisotopic (exact) mass is 255 g/mol. The molecule has 0 amide bonds. The number of nitrogens with zero attached hydrogens (tertiary/aromatic N) is 3. The maximum absolute atomic E-state index is 5.62. The highest BCUT2D eigenvalue weighted by Crippen LogP contribution is 2.23. The number of hydrogen-bond acceptors (Lipinski definition) is 3. The van der Waals surface area contributed by atoms with E-state index < -0.39 is 0 Å². The molecule has 4 heteroatoms. The van der Waals surface area contributed by atoms with Crippen molar-refractivity contribution in [2.45, 2.75) is 0 Å². The zero-order valence-electron chi connectivity index (χ0n) is 11.5. The third-order valence-corrected chi connectivity index (χ3v) is 2.80. The van der Waals surface area contributed by atoms with Crippen molar-refractivity contribution in [2.75, 3.05) is 26.9 Å². The summed E-state index contributed by atoms with van der Waals surface area (Å²) >= 11 is 0. The molecule has 0 aromatic heterocycles. The van der Waals surface area contributed by atoms with Gasteiger partial charge in [-0.15, -0.1) is 0 Å². The van der Waals surface area contributed by atoms with E-state index in [9.17, 15) is 0 Å². The Labute approximate surface area is 113 Å². The molecule has 2 N–H and O–H groups in total. The molecule has 0 saturated carbocycles. The van der Waals surface area contributed by atoms with Crippen LogP contribution in [-0.4, -0.2) is 21.1 Å². The first kappa shape index (κ1) is 13.2. The van der Waals surface area contributed by atoms with Crippen LogP contribution < -0.4 is 10.2 Å². The molecule has 98 valence electrons. The minimum absolute atomic E-state index is 0.728. The first-order chi connectivity index (χ1) is 8.95. The maximum Gasteiger partial charge on any atom is 0.132 e. The summed E-state index contributed by atoms with van der Waals surface area (Å²) in [6.07, 6.45) is 0. The minimum Gasteiger partial charge on any atom is -0.399 e. The van der Waals surface area contributed by atoms with Crippen LogP contribution in [0.4, 0.5) is 22.7 Å². The number of quaternary nitrogens is 1. The van der Waals surface area contributed by atoms with Gasteiger partial charge >= 0.3 is 0 Å². The van der Waals surface area contributed by atoms with Gasteiger partial charge in [0.2, 0.25) is 0 Å². The summed E-state index contributed by atoms with van der Waals surface area (Å²) in [5.41, 5.74) is 9.21. The lowest BCUT2D eigenvalue weighted by atomic mass is 10.2. The predicted octanol–water partition coefficient (Wildman–Crippen LogP) is 3.88. The van der Waals surface area contributed by atoms with Crippen LogP contribution in [0.3, 0.4) is 0 Å². The van der Waals surface area contributed by atoms with Gasteiger partial charge in [-0.3, -0.25) is 4.48 Å². The fourth-order valence-electron chi connectivity index (χ4n) is 1.62.